The zero-order chi connectivity index (χ0) is 31.9. The van der Waals surface area contributed by atoms with E-state index in [4.69, 9.17) is 14.8 Å². The summed E-state index contributed by atoms with van der Waals surface area (Å²) in [6, 6.07) is 8.17. The first-order valence-corrected chi connectivity index (χ1v) is 15.1. The topological polar surface area (TPSA) is 167 Å². The van der Waals surface area contributed by atoms with E-state index >= 15 is 0 Å². The number of aliphatic hydroxyl groups is 1. The molecule has 3 aromatic rings. The number of imide groups is 1. The van der Waals surface area contributed by atoms with Crippen LogP contribution in [0.5, 0.6) is 5.88 Å². The third-order valence-electron chi connectivity index (χ3n) is 7.34. The van der Waals surface area contributed by atoms with Crippen LogP contribution in [0.15, 0.2) is 45.5 Å². The molecule has 236 valence electrons. The van der Waals surface area contributed by atoms with Gasteiger partial charge in [-0.25, -0.2) is 13.8 Å². The number of ether oxygens (including phenoxy) is 1. The average molecular weight is 632 g/mol. The minimum Gasteiger partial charge on any atom is -0.475 e. The number of nitrogens with zero attached hydrogens (tertiary/aromatic N) is 6. The molecular weight excluding hydrogens is 596 g/mol. The van der Waals surface area contributed by atoms with Gasteiger partial charge in [0.05, 0.1) is 41.4 Å². The third-order valence-corrected chi connectivity index (χ3v) is 8.32. The number of alkyl halides is 2. The van der Waals surface area contributed by atoms with Crippen molar-refractivity contribution >= 4 is 23.2 Å². The molecule has 1 unspecified atom stereocenters. The quantitative estimate of drug-likeness (QED) is 0.139. The lowest BCUT2D eigenvalue weighted by Gasteiger charge is -2.28. The van der Waals surface area contributed by atoms with Gasteiger partial charge in [-0.2, -0.15) is 0 Å². The number of β-amino-alcohol motifs (C(OH)–C–C–N with tert-alkyl or cyclic N) is 1. The second kappa shape index (κ2) is 14.7. The normalized spacial score (nSPS) is 17.3. The van der Waals surface area contributed by atoms with Crippen molar-refractivity contribution in [3.8, 4) is 16.3 Å². The molecule has 12 nitrogen and oxygen atoms in total. The van der Waals surface area contributed by atoms with E-state index in [0.717, 1.165) is 21.7 Å². The molecule has 44 heavy (non-hydrogen) atoms. The maximum Gasteiger partial charge on any atom is 0.254 e. The third kappa shape index (κ3) is 8.38. The molecule has 2 aromatic heterocycles. The van der Waals surface area contributed by atoms with Gasteiger partial charge in [-0.1, -0.05) is 43.2 Å². The van der Waals surface area contributed by atoms with Crippen LogP contribution >= 0.6 is 11.3 Å². The van der Waals surface area contributed by atoms with E-state index in [0.29, 0.717) is 0 Å². The van der Waals surface area contributed by atoms with Gasteiger partial charge in [0.2, 0.25) is 11.8 Å². The molecule has 3 heterocycles. The minimum atomic E-state index is -3.10. The summed E-state index contributed by atoms with van der Waals surface area (Å²) >= 11 is 1.52. The highest BCUT2D eigenvalue weighted by molar-refractivity contribution is 7.13. The molecule has 1 aliphatic rings. The highest BCUT2D eigenvalue weighted by atomic mass is 32.1. The molecule has 0 aliphatic carbocycles. The molecule has 0 saturated carbocycles. The fourth-order valence-corrected chi connectivity index (χ4v) is 5.77. The molecule has 1 saturated heterocycles. The van der Waals surface area contributed by atoms with Gasteiger partial charge >= 0.3 is 0 Å². The van der Waals surface area contributed by atoms with E-state index in [1.807, 2.05) is 31.2 Å². The Morgan fingerprint density at radius 1 is 1.32 bits per heavy atom. The highest BCUT2D eigenvalue weighted by Crippen LogP contribution is 2.32. The van der Waals surface area contributed by atoms with Crippen LogP contribution in [0.4, 0.5) is 8.78 Å². The second-order valence-corrected chi connectivity index (χ2v) is 11.9. The number of aliphatic hydroxyl groups excluding tert-OH is 1. The molecule has 2 amide bonds. The summed E-state index contributed by atoms with van der Waals surface area (Å²) in [6.45, 7) is 5.02. The number of carbonyl (C=O) groups excluding carboxylic acids is 2. The summed E-state index contributed by atoms with van der Waals surface area (Å²) in [7, 11) is 0. The van der Waals surface area contributed by atoms with E-state index in [1.54, 1.807) is 19.4 Å². The molecule has 0 bridgehead atoms. The first-order chi connectivity index (χ1) is 21.0. The number of benzene rings is 1. The van der Waals surface area contributed by atoms with Crippen LogP contribution in [0, 0.1) is 12.8 Å². The van der Waals surface area contributed by atoms with Crippen molar-refractivity contribution < 1.29 is 32.7 Å². The predicted octanol–water partition coefficient (Wildman–Crippen LogP) is 5.23. The zero-order valence-electron chi connectivity index (χ0n) is 24.7. The van der Waals surface area contributed by atoms with Crippen LogP contribution in [0.3, 0.4) is 0 Å². The van der Waals surface area contributed by atoms with Crippen molar-refractivity contribution in [3.63, 3.8) is 0 Å². The molecule has 1 aliphatic heterocycles. The van der Waals surface area contributed by atoms with Crippen molar-refractivity contribution in [1.29, 1.82) is 0 Å². The first kappa shape index (κ1) is 33.0. The van der Waals surface area contributed by atoms with Crippen molar-refractivity contribution in [2.75, 3.05) is 19.7 Å². The summed E-state index contributed by atoms with van der Waals surface area (Å²) in [4.78, 5) is 36.7. The van der Waals surface area contributed by atoms with E-state index < -0.39 is 48.6 Å². The first-order valence-electron chi connectivity index (χ1n) is 14.2. The number of aryl methyl sites for hydroxylation is 1. The Kier molecular flexibility index (Phi) is 11.0. The summed E-state index contributed by atoms with van der Waals surface area (Å²) in [5.74, 6) is -5.30. The van der Waals surface area contributed by atoms with Gasteiger partial charge in [0.25, 0.3) is 11.8 Å². The van der Waals surface area contributed by atoms with E-state index in [1.165, 1.54) is 22.3 Å². The fourth-order valence-electron chi connectivity index (χ4n) is 4.96. The summed E-state index contributed by atoms with van der Waals surface area (Å²) in [5, 5.41) is 19.9. The lowest BCUT2D eigenvalue weighted by Crippen LogP contribution is -2.48. The van der Waals surface area contributed by atoms with Crippen molar-refractivity contribution in [1.82, 2.24) is 20.4 Å². The van der Waals surface area contributed by atoms with E-state index in [2.05, 4.69) is 25.5 Å². The molecule has 4 rings (SSSR count). The predicted molar refractivity (Wildman–Crippen MR) is 158 cm³/mol. The number of amides is 2. The molecular formula is C29H35F2N7O5S. The SMILES string of the molecule is Cc1ncsc1-c1ccc(CN(C(=O)C(c2cc(OCCC(F)(F)CCN=[N+]=[N-])no2)C(C)C)C(=O)[C@@H]2C[C@@H](O)CN2)cc1. The van der Waals surface area contributed by atoms with Gasteiger partial charge in [0.15, 0.2) is 5.76 Å². The lowest BCUT2D eigenvalue weighted by molar-refractivity contribution is -0.148. The van der Waals surface area contributed by atoms with Crippen LogP contribution in [0.25, 0.3) is 20.9 Å². The van der Waals surface area contributed by atoms with Crippen LogP contribution in [-0.4, -0.2) is 69.7 Å². The highest BCUT2D eigenvalue weighted by Gasteiger charge is 2.39. The Hall–Kier alpha value is -3.91. The van der Waals surface area contributed by atoms with Crippen LogP contribution in [0.1, 0.15) is 56.0 Å². The minimum absolute atomic E-state index is 0.0143. The van der Waals surface area contributed by atoms with Gasteiger partial charge in [-0.15, -0.1) is 11.3 Å². The van der Waals surface area contributed by atoms with Crippen molar-refractivity contribution in [3.05, 3.63) is 63.3 Å². The Morgan fingerprint density at radius 2 is 2.07 bits per heavy atom. The second-order valence-electron chi connectivity index (χ2n) is 11.0. The number of halogens is 2. The molecule has 0 spiro atoms. The maximum absolute atomic E-state index is 14.1. The molecule has 15 heteroatoms. The van der Waals surface area contributed by atoms with Crippen LogP contribution < -0.4 is 10.1 Å². The molecule has 1 fully saturated rings. The molecule has 0 radical (unpaired) electrons. The summed E-state index contributed by atoms with van der Waals surface area (Å²) in [5.41, 5.74) is 12.7. The number of hydrogen-bond acceptors (Lipinski definition) is 10. The summed E-state index contributed by atoms with van der Waals surface area (Å²) < 4.78 is 38.8. The Labute approximate surface area is 257 Å². The van der Waals surface area contributed by atoms with Crippen LogP contribution in [-0.2, 0) is 16.1 Å². The van der Waals surface area contributed by atoms with Gasteiger partial charge in [0.1, 0.15) is 5.92 Å². The Bertz CT molecular complexity index is 1470. The van der Waals surface area contributed by atoms with Gasteiger partial charge in [-0.3, -0.25) is 14.5 Å². The number of hydrogen-bond donors (Lipinski definition) is 2. The molecule has 1 aromatic carbocycles. The Morgan fingerprint density at radius 3 is 2.68 bits per heavy atom. The monoisotopic (exact) mass is 631 g/mol. The maximum atomic E-state index is 14.1. The zero-order valence-corrected chi connectivity index (χ0v) is 25.5. The molecule has 2 N–H and O–H groups in total. The Balaban J connectivity index is 1.51. The number of nitrogens with one attached hydrogen (secondary N) is 1. The largest absolute Gasteiger partial charge is 0.475 e. The average Bonchev–Trinajstić information content (AvgIpc) is 3.73. The van der Waals surface area contributed by atoms with E-state index in [9.17, 15) is 23.5 Å². The summed E-state index contributed by atoms with van der Waals surface area (Å²) in [6.07, 6.45) is -1.78. The van der Waals surface area contributed by atoms with E-state index in [-0.39, 0.29) is 50.2 Å². The van der Waals surface area contributed by atoms with Gasteiger partial charge in [-0.05, 0) is 41.1 Å². The van der Waals surface area contributed by atoms with Crippen molar-refractivity contribution in [2.24, 2.45) is 11.0 Å². The fraction of sp³-hybridized carbons (Fsp3) is 0.517. The number of thiazole rings is 1. The molecule has 3 atom stereocenters. The lowest BCUT2D eigenvalue weighted by atomic mass is 9.91. The number of azide groups is 1. The standard InChI is InChI=1S/C29H35F2N7O5S/c1-17(2)25(23-13-24(36-43-23)42-11-9-29(30,31)8-10-35-37-32)28(41)38(27(40)22-12-21(39)14-33-22)15-19-4-6-20(7-5-19)26-18(3)34-16-44-26/h4-7,13,16-17,21-22,25,33,39H,8-12,14-15H2,1-3H3/t21-,22+,25?/m1/s1. The number of aromatic nitrogens is 2. The number of rotatable bonds is 14. The number of carbonyl (C=O) groups is 2. The van der Waals surface area contributed by atoms with Gasteiger partial charge < -0.3 is 19.7 Å². The van der Waals surface area contributed by atoms with Crippen LogP contribution in [0.2, 0.25) is 0 Å². The van der Waals surface area contributed by atoms with Gasteiger partial charge in [0, 0.05) is 36.9 Å². The van der Waals surface area contributed by atoms with Crippen molar-refractivity contribution in [2.45, 2.75) is 70.6 Å². The smallest absolute Gasteiger partial charge is 0.254 e.